The minimum absolute atomic E-state index is 0.393. The first-order valence-electron chi connectivity index (χ1n) is 10.1. The smallest absolute Gasteiger partial charge is 0.222 e. The van der Waals surface area contributed by atoms with Crippen LogP contribution in [-0.2, 0) is 11.3 Å². The van der Waals surface area contributed by atoms with Crippen molar-refractivity contribution >= 4 is 5.91 Å². The number of hydrogen-bond donors (Lipinski definition) is 0. The van der Waals surface area contributed by atoms with Gasteiger partial charge in [-0.05, 0) is 50.3 Å². The summed E-state index contributed by atoms with van der Waals surface area (Å²) < 4.78 is 0. The second-order valence-electron chi connectivity index (χ2n) is 8.06. The summed E-state index contributed by atoms with van der Waals surface area (Å²) >= 11 is 0. The van der Waals surface area contributed by atoms with Gasteiger partial charge in [0.1, 0.15) is 0 Å². The first-order valence-corrected chi connectivity index (χ1v) is 10.1. The fraction of sp³-hybridized carbons (Fsp3) is 0.667. The summed E-state index contributed by atoms with van der Waals surface area (Å²) in [7, 11) is 0. The summed E-state index contributed by atoms with van der Waals surface area (Å²) in [6.45, 7) is 7.23. The molecule has 4 heteroatoms. The van der Waals surface area contributed by atoms with Crippen molar-refractivity contribution < 1.29 is 4.79 Å². The van der Waals surface area contributed by atoms with E-state index >= 15 is 0 Å². The van der Waals surface area contributed by atoms with Crippen molar-refractivity contribution in [1.29, 1.82) is 0 Å². The second kappa shape index (κ2) is 7.88. The lowest BCUT2D eigenvalue weighted by atomic mass is 9.92. The van der Waals surface area contributed by atoms with E-state index in [4.69, 9.17) is 0 Å². The van der Waals surface area contributed by atoms with Crippen molar-refractivity contribution in [2.24, 2.45) is 5.92 Å². The number of likely N-dealkylation sites (tertiary alicyclic amines) is 1. The van der Waals surface area contributed by atoms with Crippen LogP contribution in [0.5, 0.6) is 0 Å². The van der Waals surface area contributed by atoms with Crippen molar-refractivity contribution in [3.8, 4) is 0 Å². The quantitative estimate of drug-likeness (QED) is 0.824. The van der Waals surface area contributed by atoms with Gasteiger partial charge in [-0.1, -0.05) is 30.3 Å². The Morgan fingerprint density at radius 2 is 1.56 bits per heavy atom. The molecule has 0 N–H and O–H groups in total. The molecule has 1 amide bonds. The molecular formula is C21H31N3O. The zero-order chi connectivity index (χ0) is 17.1. The Balaban J connectivity index is 1.18. The monoisotopic (exact) mass is 341 g/mol. The SMILES string of the molecule is O=C(CC1CCN(C2CC2)CC1)N1CCN(Cc2ccccc2)CC1. The molecule has 0 atom stereocenters. The lowest BCUT2D eigenvalue weighted by Gasteiger charge is -2.36. The number of piperidine rings is 1. The van der Waals surface area contributed by atoms with Crippen molar-refractivity contribution in [1.82, 2.24) is 14.7 Å². The Kier molecular flexibility index (Phi) is 5.37. The maximum atomic E-state index is 12.7. The van der Waals surface area contributed by atoms with Gasteiger partial charge in [0, 0.05) is 45.2 Å². The molecule has 0 bridgehead atoms. The molecule has 0 radical (unpaired) electrons. The first-order chi connectivity index (χ1) is 12.3. The molecule has 1 aromatic rings. The normalized spacial score (nSPS) is 23.8. The van der Waals surface area contributed by atoms with Crippen molar-refractivity contribution in [3.63, 3.8) is 0 Å². The maximum absolute atomic E-state index is 12.7. The molecule has 25 heavy (non-hydrogen) atoms. The zero-order valence-corrected chi connectivity index (χ0v) is 15.3. The molecule has 3 fully saturated rings. The number of nitrogens with zero attached hydrogens (tertiary/aromatic N) is 3. The Morgan fingerprint density at radius 3 is 2.20 bits per heavy atom. The predicted molar refractivity (Wildman–Crippen MR) is 100 cm³/mol. The van der Waals surface area contributed by atoms with E-state index in [-0.39, 0.29) is 0 Å². The number of carbonyl (C=O) groups is 1. The van der Waals surface area contributed by atoms with Gasteiger partial charge in [0.2, 0.25) is 5.91 Å². The standard InChI is InChI=1S/C21H31N3O/c25-21(16-18-8-10-23(11-9-18)20-6-7-20)24-14-12-22(13-15-24)17-19-4-2-1-3-5-19/h1-5,18,20H,6-17H2. The van der Waals surface area contributed by atoms with Gasteiger partial charge in [-0.2, -0.15) is 0 Å². The molecule has 0 unspecified atom stereocenters. The Morgan fingerprint density at radius 1 is 0.880 bits per heavy atom. The highest BCUT2D eigenvalue weighted by atomic mass is 16.2. The lowest BCUT2D eigenvalue weighted by molar-refractivity contribution is -0.134. The van der Waals surface area contributed by atoms with Gasteiger partial charge in [-0.3, -0.25) is 9.69 Å². The van der Waals surface area contributed by atoms with Crippen LogP contribution in [0, 0.1) is 5.92 Å². The minimum Gasteiger partial charge on any atom is -0.340 e. The summed E-state index contributed by atoms with van der Waals surface area (Å²) in [6.07, 6.45) is 6.01. The second-order valence-corrected chi connectivity index (χ2v) is 8.06. The van der Waals surface area contributed by atoms with E-state index in [0.29, 0.717) is 11.8 Å². The number of benzene rings is 1. The largest absolute Gasteiger partial charge is 0.340 e. The average molecular weight is 341 g/mol. The van der Waals surface area contributed by atoms with Gasteiger partial charge in [0.15, 0.2) is 0 Å². The summed E-state index contributed by atoms with van der Waals surface area (Å²) in [5.41, 5.74) is 1.37. The Labute approximate surface area is 151 Å². The van der Waals surface area contributed by atoms with Crippen LogP contribution < -0.4 is 0 Å². The molecule has 2 saturated heterocycles. The maximum Gasteiger partial charge on any atom is 0.222 e. The lowest BCUT2D eigenvalue weighted by Crippen LogP contribution is -2.49. The van der Waals surface area contributed by atoms with Gasteiger partial charge in [-0.25, -0.2) is 0 Å². The molecule has 1 saturated carbocycles. The third-order valence-corrected chi connectivity index (χ3v) is 6.15. The van der Waals surface area contributed by atoms with Crippen LogP contribution in [0.1, 0.15) is 37.7 Å². The Bertz CT molecular complexity index is 556. The highest BCUT2D eigenvalue weighted by Crippen LogP contribution is 2.31. The molecule has 1 aliphatic carbocycles. The third-order valence-electron chi connectivity index (χ3n) is 6.15. The molecule has 2 aliphatic heterocycles. The van der Waals surface area contributed by atoms with Crippen LogP contribution in [0.2, 0.25) is 0 Å². The summed E-state index contributed by atoms with van der Waals surface area (Å²) in [6, 6.07) is 11.5. The molecule has 4 nitrogen and oxygen atoms in total. The van der Waals surface area contributed by atoms with E-state index in [9.17, 15) is 4.79 Å². The molecular weight excluding hydrogens is 310 g/mol. The van der Waals surface area contributed by atoms with E-state index in [2.05, 4.69) is 45.0 Å². The van der Waals surface area contributed by atoms with E-state index in [1.165, 1.54) is 44.3 Å². The molecule has 1 aromatic carbocycles. The summed E-state index contributed by atoms with van der Waals surface area (Å²) in [5.74, 6) is 1.01. The van der Waals surface area contributed by atoms with Crippen molar-refractivity contribution in [2.75, 3.05) is 39.3 Å². The molecule has 0 spiro atoms. The van der Waals surface area contributed by atoms with E-state index < -0.39 is 0 Å². The molecule has 4 rings (SSSR count). The van der Waals surface area contributed by atoms with E-state index in [1.54, 1.807) is 0 Å². The van der Waals surface area contributed by atoms with Crippen LogP contribution in [0.15, 0.2) is 30.3 Å². The summed E-state index contributed by atoms with van der Waals surface area (Å²) in [4.78, 5) is 19.9. The van der Waals surface area contributed by atoms with E-state index in [0.717, 1.165) is 45.2 Å². The molecule has 3 aliphatic rings. The van der Waals surface area contributed by atoms with Gasteiger partial charge < -0.3 is 9.80 Å². The van der Waals surface area contributed by atoms with Crippen LogP contribution in [0.4, 0.5) is 0 Å². The Hall–Kier alpha value is -1.39. The molecule has 0 aromatic heterocycles. The van der Waals surface area contributed by atoms with Crippen molar-refractivity contribution in [3.05, 3.63) is 35.9 Å². The molecule has 136 valence electrons. The fourth-order valence-electron chi connectivity index (χ4n) is 4.33. The van der Waals surface area contributed by atoms with Gasteiger partial charge in [0.25, 0.3) is 0 Å². The molecule has 2 heterocycles. The first kappa shape index (κ1) is 17.0. The zero-order valence-electron chi connectivity index (χ0n) is 15.3. The van der Waals surface area contributed by atoms with Crippen LogP contribution in [0.25, 0.3) is 0 Å². The topological polar surface area (TPSA) is 26.8 Å². The predicted octanol–water partition coefficient (Wildman–Crippen LogP) is 2.60. The average Bonchev–Trinajstić information content (AvgIpc) is 3.49. The number of hydrogen-bond acceptors (Lipinski definition) is 3. The summed E-state index contributed by atoms with van der Waals surface area (Å²) in [5, 5.41) is 0. The highest BCUT2D eigenvalue weighted by molar-refractivity contribution is 5.76. The van der Waals surface area contributed by atoms with Crippen LogP contribution in [0.3, 0.4) is 0 Å². The van der Waals surface area contributed by atoms with Gasteiger partial charge in [0.05, 0.1) is 0 Å². The van der Waals surface area contributed by atoms with Crippen LogP contribution in [-0.4, -0.2) is 65.9 Å². The number of carbonyl (C=O) groups excluding carboxylic acids is 1. The van der Waals surface area contributed by atoms with E-state index in [1.807, 2.05) is 0 Å². The third kappa shape index (κ3) is 4.62. The number of amides is 1. The minimum atomic E-state index is 0.393. The van der Waals surface area contributed by atoms with Gasteiger partial charge >= 0.3 is 0 Å². The van der Waals surface area contributed by atoms with Crippen molar-refractivity contribution in [2.45, 2.75) is 44.7 Å². The fourth-order valence-corrected chi connectivity index (χ4v) is 4.33. The van der Waals surface area contributed by atoms with Gasteiger partial charge in [-0.15, -0.1) is 0 Å². The highest BCUT2D eigenvalue weighted by Gasteiger charge is 2.33. The van der Waals surface area contributed by atoms with Crippen LogP contribution >= 0.6 is 0 Å². The number of piperazine rings is 1. The number of rotatable bonds is 5.